The number of rotatable bonds is 8. The summed E-state index contributed by atoms with van der Waals surface area (Å²) < 4.78 is 18.2. The summed E-state index contributed by atoms with van der Waals surface area (Å²) in [6.07, 6.45) is 13.9. The summed E-state index contributed by atoms with van der Waals surface area (Å²) in [5, 5.41) is 10.3. The van der Waals surface area contributed by atoms with E-state index in [0.717, 1.165) is 49.4 Å². The van der Waals surface area contributed by atoms with Crippen LogP contribution in [0.25, 0.3) is 0 Å². The predicted molar refractivity (Wildman–Crippen MR) is 155 cm³/mol. The molecule has 0 unspecified atom stereocenters. The van der Waals surface area contributed by atoms with Gasteiger partial charge in [-0.05, 0) is 122 Å². The summed E-state index contributed by atoms with van der Waals surface area (Å²) in [5.41, 5.74) is 3.52. The maximum atomic E-state index is 10.3. The highest BCUT2D eigenvalue weighted by Gasteiger charge is 2.64. The molecular formula is C35H52O4. The summed E-state index contributed by atoms with van der Waals surface area (Å²) in [5.74, 6) is 5.17. The molecule has 1 aromatic carbocycles. The van der Waals surface area contributed by atoms with Crippen LogP contribution < -0.4 is 4.74 Å². The lowest BCUT2D eigenvalue weighted by Gasteiger charge is -2.58. The maximum absolute atomic E-state index is 10.3. The number of benzene rings is 1. The van der Waals surface area contributed by atoms with Crippen LogP contribution in [0.3, 0.4) is 0 Å². The summed E-state index contributed by atoms with van der Waals surface area (Å²) >= 11 is 0. The fourth-order valence-electron chi connectivity index (χ4n) is 10.3. The Labute approximate surface area is 236 Å². The van der Waals surface area contributed by atoms with Crippen LogP contribution >= 0.6 is 0 Å². The van der Waals surface area contributed by atoms with Gasteiger partial charge in [-0.3, -0.25) is 0 Å². The van der Waals surface area contributed by atoms with Crippen LogP contribution in [0.5, 0.6) is 5.75 Å². The summed E-state index contributed by atoms with van der Waals surface area (Å²) in [4.78, 5) is 0. The van der Waals surface area contributed by atoms with E-state index in [1.54, 1.807) is 12.7 Å². The van der Waals surface area contributed by atoms with Gasteiger partial charge >= 0.3 is 0 Å². The molecule has 1 saturated heterocycles. The van der Waals surface area contributed by atoms with Gasteiger partial charge in [-0.1, -0.05) is 51.5 Å². The average Bonchev–Trinajstić information content (AvgIpc) is 3.41. The Balaban J connectivity index is 1.03. The van der Waals surface area contributed by atoms with Gasteiger partial charge in [0.05, 0.1) is 32.0 Å². The molecule has 5 aliphatic rings. The van der Waals surface area contributed by atoms with E-state index >= 15 is 0 Å². The van der Waals surface area contributed by atoms with E-state index in [-0.39, 0.29) is 6.10 Å². The van der Waals surface area contributed by atoms with Crippen molar-refractivity contribution in [3.63, 3.8) is 0 Å². The van der Waals surface area contributed by atoms with Gasteiger partial charge in [0.1, 0.15) is 5.75 Å². The first kappa shape index (κ1) is 27.8. The Hall–Kier alpha value is -1.36. The summed E-state index contributed by atoms with van der Waals surface area (Å²) in [7, 11) is 1.70. The molecule has 4 nitrogen and oxygen atoms in total. The zero-order valence-electron chi connectivity index (χ0n) is 25.0. The first-order valence-electron chi connectivity index (χ1n) is 16.0. The van der Waals surface area contributed by atoms with Crippen LogP contribution in [0.1, 0.15) is 91.0 Å². The quantitative estimate of drug-likeness (QED) is 0.348. The van der Waals surface area contributed by atoms with E-state index in [1.165, 1.54) is 44.1 Å². The van der Waals surface area contributed by atoms with Crippen molar-refractivity contribution in [1.82, 2.24) is 0 Å². The third-order valence-corrected chi connectivity index (χ3v) is 12.4. The monoisotopic (exact) mass is 536 g/mol. The molecule has 1 aromatic rings. The van der Waals surface area contributed by atoms with Crippen molar-refractivity contribution in [2.45, 2.75) is 110 Å². The van der Waals surface area contributed by atoms with Crippen LogP contribution in [0.15, 0.2) is 35.9 Å². The Morgan fingerprint density at radius 3 is 2.67 bits per heavy atom. The van der Waals surface area contributed by atoms with Gasteiger partial charge in [0.2, 0.25) is 0 Å². The van der Waals surface area contributed by atoms with Gasteiger partial charge in [-0.15, -0.1) is 0 Å². The van der Waals surface area contributed by atoms with E-state index in [9.17, 15) is 5.11 Å². The lowest BCUT2D eigenvalue weighted by atomic mass is 9.47. The van der Waals surface area contributed by atoms with Gasteiger partial charge in [-0.25, -0.2) is 0 Å². The van der Waals surface area contributed by atoms with E-state index in [0.29, 0.717) is 47.4 Å². The minimum absolute atomic E-state index is 0.116. The van der Waals surface area contributed by atoms with Crippen LogP contribution in [0.4, 0.5) is 0 Å². The van der Waals surface area contributed by atoms with Crippen molar-refractivity contribution in [3.8, 4) is 5.75 Å². The number of hydrogen-bond acceptors (Lipinski definition) is 4. The molecule has 1 heterocycles. The minimum Gasteiger partial charge on any atom is -0.497 e. The standard InChI is InChI=1S/C35H52O4/c1-22(20-38-21-24-7-10-27(37-5)11-8-24)6-13-31-23(2)33-32(39-31)19-30-28-12-9-25-18-26(36)14-16-34(25,3)29(28)15-17-35(30,33)4/h7-11,22-23,26,28-33,36H,6,12-21H2,1-5H3/t22-,23-,26+,28-,29+,30+,31-,32+,33+,34+,35+/m1/s1. The minimum atomic E-state index is -0.116. The number of fused-ring (bicyclic) bond motifs is 7. The second-order valence-corrected chi connectivity index (χ2v) is 14.6. The van der Waals surface area contributed by atoms with E-state index in [4.69, 9.17) is 14.2 Å². The van der Waals surface area contributed by atoms with Gasteiger partial charge < -0.3 is 19.3 Å². The number of aliphatic hydroxyl groups is 1. The topological polar surface area (TPSA) is 47.9 Å². The fraction of sp³-hybridized carbons (Fsp3) is 0.771. The van der Waals surface area contributed by atoms with E-state index < -0.39 is 0 Å². The Morgan fingerprint density at radius 2 is 1.90 bits per heavy atom. The molecule has 0 radical (unpaired) electrons. The normalized spacial score (nSPS) is 43.6. The van der Waals surface area contributed by atoms with Crippen LogP contribution in [-0.2, 0) is 16.1 Å². The van der Waals surface area contributed by atoms with E-state index in [2.05, 4.69) is 45.9 Å². The van der Waals surface area contributed by atoms with Gasteiger partial charge in [-0.2, -0.15) is 0 Å². The van der Waals surface area contributed by atoms with Crippen molar-refractivity contribution in [3.05, 3.63) is 41.5 Å². The Kier molecular flexibility index (Phi) is 7.70. The summed E-state index contributed by atoms with van der Waals surface area (Å²) in [6, 6.07) is 8.16. The van der Waals surface area contributed by atoms with Crippen molar-refractivity contribution in [1.29, 1.82) is 0 Å². The molecule has 39 heavy (non-hydrogen) atoms. The third-order valence-electron chi connectivity index (χ3n) is 12.4. The highest BCUT2D eigenvalue weighted by Crippen LogP contribution is 2.69. The maximum Gasteiger partial charge on any atom is 0.118 e. The van der Waals surface area contributed by atoms with Crippen molar-refractivity contribution >= 4 is 0 Å². The van der Waals surface area contributed by atoms with Crippen molar-refractivity contribution in [2.24, 2.45) is 46.3 Å². The van der Waals surface area contributed by atoms with E-state index in [1.807, 2.05) is 12.1 Å². The zero-order chi connectivity index (χ0) is 27.4. The average molecular weight is 537 g/mol. The zero-order valence-corrected chi connectivity index (χ0v) is 25.0. The van der Waals surface area contributed by atoms with Crippen LogP contribution in [0.2, 0.25) is 0 Å². The van der Waals surface area contributed by atoms with Crippen molar-refractivity contribution in [2.75, 3.05) is 13.7 Å². The van der Waals surface area contributed by atoms with Crippen LogP contribution in [0, 0.1) is 46.3 Å². The molecule has 6 rings (SSSR count). The lowest BCUT2D eigenvalue weighted by molar-refractivity contribution is -0.0591. The number of aliphatic hydroxyl groups excluding tert-OH is 1. The van der Waals surface area contributed by atoms with Crippen LogP contribution in [-0.4, -0.2) is 37.1 Å². The number of ether oxygens (including phenoxy) is 3. The fourth-order valence-corrected chi connectivity index (χ4v) is 10.3. The summed E-state index contributed by atoms with van der Waals surface area (Å²) in [6.45, 7) is 11.5. The second kappa shape index (κ2) is 10.8. The third kappa shape index (κ3) is 4.91. The molecule has 0 aromatic heterocycles. The van der Waals surface area contributed by atoms with Crippen molar-refractivity contribution < 1.29 is 19.3 Å². The SMILES string of the molecule is COc1ccc(COC[C@H](C)CC[C@H]2O[C@H]3C[C@H]4[C@@H]5CC=C6C[C@@H](O)CC[C@]6(C)[C@H]5CC[C@]4(C)[C@H]3[C@@H]2C)cc1. The number of methoxy groups -OCH3 is 1. The molecule has 0 spiro atoms. The second-order valence-electron chi connectivity index (χ2n) is 14.6. The Morgan fingerprint density at radius 1 is 1.10 bits per heavy atom. The molecule has 3 saturated carbocycles. The van der Waals surface area contributed by atoms with Gasteiger partial charge in [0.15, 0.2) is 0 Å². The number of allylic oxidation sites excluding steroid dienone is 1. The molecule has 0 amide bonds. The predicted octanol–water partition coefficient (Wildman–Crippen LogP) is 7.58. The highest BCUT2D eigenvalue weighted by atomic mass is 16.5. The highest BCUT2D eigenvalue weighted by molar-refractivity contribution is 5.27. The molecule has 1 aliphatic heterocycles. The number of hydrogen-bond donors (Lipinski definition) is 1. The first-order chi connectivity index (χ1) is 18.7. The molecule has 4 aliphatic carbocycles. The Bertz CT molecular complexity index is 1030. The molecule has 11 atom stereocenters. The largest absolute Gasteiger partial charge is 0.497 e. The van der Waals surface area contributed by atoms with Gasteiger partial charge in [0, 0.05) is 6.61 Å². The lowest BCUT2D eigenvalue weighted by Crippen LogP contribution is -2.51. The molecule has 0 bridgehead atoms. The molecule has 4 heteroatoms. The smallest absolute Gasteiger partial charge is 0.118 e. The first-order valence-corrected chi connectivity index (χ1v) is 16.0. The molecule has 4 fully saturated rings. The van der Waals surface area contributed by atoms with Gasteiger partial charge in [0.25, 0.3) is 0 Å². The molecule has 216 valence electrons. The molecular weight excluding hydrogens is 484 g/mol. The molecule has 1 N–H and O–H groups in total.